The highest BCUT2D eigenvalue weighted by atomic mass is 32.1. The normalized spacial score (nSPS) is 22.8. The molecule has 4 heterocycles. The first-order valence-electron chi connectivity index (χ1n) is 17.3. The predicted molar refractivity (Wildman–Crippen MR) is 186 cm³/mol. The van der Waals surface area contributed by atoms with Crippen molar-refractivity contribution >= 4 is 39.2 Å². The number of aryl methyl sites for hydroxylation is 2. The Morgan fingerprint density at radius 2 is 1.78 bits per heavy atom. The minimum Gasteiger partial charge on any atom is -0.368 e. The van der Waals surface area contributed by atoms with Crippen LogP contribution in [0.3, 0.4) is 0 Å². The lowest BCUT2D eigenvalue weighted by atomic mass is 9.76. The molecule has 4 unspecified atom stereocenters. The third-order valence-electron chi connectivity index (χ3n) is 10.9. The maximum absolute atomic E-state index is 14.0. The number of likely N-dealkylation sites (tertiary alicyclic amines) is 1. The number of aromatic amines is 1. The standard InChI is InChI=1S/C37H51N5O3S/c1-6-7-29(34(38)44)40-35(45)23-10-13-42(14-11-23)15-12-26-27-19-30(37(4,5)33(43)31-24-8-9-28(31)39-20-24)46-36(27)41-32(26)25-17-21(2)16-22(3)18-25/h16-19,23-24,28-29,31,39,41H,6-15,20H2,1-5H3,(H2,38,44)(H,40,45). The summed E-state index contributed by atoms with van der Waals surface area (Å²) in [5.41, 5.74) is 11.1. The molecule has 6 rings (SSSR count). The number of piperidine rings is 2. The Balaban J connectivity index is 1.20. The first-order chi connectivity index (χ1) is 22.0. The largest absolute Gasteiger partial charge is 0.368 e. The average Bonchev–Trinajstić information content (AvgIpc) is 3.80. The van der Waals surface area contributed by atoms with E-state index < -0.39 is 17.4 Å². The molecule has 2 aromatic heterocycles. The van der Waals surface area contributed by atoms with E-state index in [-0.39, 0.29) is 17.7 Å². The maximum atomic E-state index is 14.0. The molecule has 4 atom stereocenters. The lowest BCUT2D eigenvalue weighted by Crippen LogP contribution is -2.48. The number of hydrogen-bond acceptors (Lipinski definition) is 6. The number of primary amides is 1. The number of hydrogen-bond donors (Lipinski definition) is 4. The molecule has 1 aliphatic carbocycles. The molecular weight excluding hydrogens is 595 g/mol. The van der Waals surface area contributed by atoms with Crippen LogP contribution < -0.4 is 16.4 Å². The molecule has 0 radical (unpaired) electrons. The van der Waals surface area contributed by atoms with Crippen molar-refractivity contribution in [2.75, 3.05) is 26.2 Å². The molecule has 3 aromatic rings. The Morgan fingerprint density at radius 3 is 2.37 bits per heavy atom. The number of thiophene rings is 1. The monoisotopic (exact) mass is 645 g/mol. The molecule has 46 heavy (non-hydrogen) atoms. The van der Waals surface area contributed by atoms with Gasteiger partial charge in [-0.05, 0) is 121 Å². The lowest BCUT2D eigenvalue weighted by molar-refractivity contribution is -0.131. The summed E-state index contributed by atoms with van der Waals surface area (Å²) in [4.78, 5) is 47.2. The van der Waals surface area contributed by atoms with Crippen LogP contribution in [0.15, 0.2) is 24.3 Å². The van der Waals surface area contributed by atoms with Crippen molar-refractivity contribution in [1.82, 2.24) is 20.5 Å². The number of carbonyl (C=O) groups is 3. The number of H-pyrrole nitrogens is 1. The molecule has 0 spiro atoms. The van der Waals surface area contributed by atoms with Gasteiger partial charge >= 0.3 is 0 Å². The maximum Gasteiger partial charge on any atom is 0.239 e. The molecule has 2 bridgehead atoms. The van der Waals surface area contributed by atoms with E-state index in [2.05, 4.69) is 72.5 Å². The van der Waals surface area contributed by atoms with E-state index in [1.165, 1.54) is 33.3 Å². The molecular formula is C37H51N5O3S. The average molecular weight is 646 g/mol. The van der Waals surface area contributed by atoms with Gasteiger partial charge in [0.2, 0.25) is 11.8 Å². The van der Waals surface area contributed by atoms with E-state index in [1.807, 2.05) is 6.92 Å². The van der Waals surface area contributed by atoms with Gasteiger partial charge in [-0.3, -0.25) is 14.4 Å². The van der Waals surface area contributed by atoms with Crippen LogP contribution in [0.25, 0.3) is 21.5 Å². The summed E-state index contributed by atoms with van der Waals surface area (Å²) in [7, 11) is 0. The number of nitrogens with one attached hydrogen (secondary N) is 3. The van der Waals surface area contributed by atoms with E-state index in [4.69, 9.17) is 5.73 Å². The van der Waals surface area contributed by atoms with E-state index in [1.54, 1.807) is 11.3 Å². The highest BCUT2D eigenvalue weighted by Crippen LogP contribution is 2.45. The van der Waals surface area contributed by atoms with Crippen molar-refractivity contribution in [3.8, 4) is 11.3 Å². The molecule has 2 amide bonds. The van der Waals surface area contributed by atoms with E-state index in [0.717, 1.165) is 74.4 Å². The number of benzene rings is 1. The molecule has 5 N–H and O–H groups in total. The molecule has 3 aliphatic rings. The number of ketones is 1. The number of Topliss-reactive ketones (excluding diaryl/α,β-unsaturated/α-hetero) is 1. The van der Waals surface area contributed by atoms with Crippen molar-refractivity contribution in [2.45, 2.75) is 97.1 Å². The summed E-state index contributed by atoms with van der Waals surface area (Å²) < 4.78 is 0. The highest BCUT2D eigenvalue weighted by Gasteiger charge is 2.50. The lowest BCUT2D eigenvalue weighted by Gasteiger charge is -2.32. The second-order valence-corrected chi connectivity index (χ2v) is 15.7. The Kier molecular flexibility index (Phi) is 9.47. The summed E-state index contributed by atoms with van der Waals surface area (Å²) in [6.45, 7) is 14.1. The van der Waals surface area contributed by atoms with E-state index in [9.17, 15) is 14.4 Å². The minimum atomic E-state index is -0.587. The number of amides is 2. The second kappa shape index (κ2) is 13.2. The van der Waals surface area contributed by atoms with Gasteiger partial charge in [-0.15, -0.1) is 11.3 Å². The first kappa shape index (κ1) is 32.9. The zero-order valence-corrected chi connectivity index (χ0v) is 28.9. The van der Waals surface area contributed by atoms with Gasteiger partial charge in [0.25, 0.3) is 0 Å². The van der Waals surface area contributed by atoms with Gasteiger partial charge in [-0.1, -0.05) is 30.5 Å². The van der Waals surface area contributed by atoms with Gasteiger partial charge < -0.3 is 26.3 Å². The summed E-state index contributed by atoms with van der Waals surface area (Å²) in [6, 6.07) is 8.76. The fourth-order valence-corrected chi connectivity index (χ4v) is 9.49. The van der Waals surface area contributed by atoms with Crippen LogP contribution in [0.4, 0.5) is 0 Å². The molecule has 248 valence electrons. The fourth-order valence-electron chi connectivity index (χ4n) is 8.29. The number of nitrogens with two attached hydrogens (primary N) is 1. The molecule has 3 fully saturated rings. The molecule has 8 nitrogen and oxygen atoms in total. The number of aromatic nitrogens is 1. The minimum absolute atomic E-state index is 0.0503. The zero-order valence-electron chi connectivity index (χ0n) is 28.1. The van der Waals surface area contributed by atoms with E-state index >= 15 is 0 Å². The Bertz CT molecular complexity index is 1570. The van der Waals surface area contributed by atoms with Gasteiger partial charge in [-0.2, -0.15) is 0 Å². The van der Waals surface area contributed by atoms with Crippen molar-refractivity contribution < 1.29 is 14.4 Å². The number of fused-ring (bicyclic) bond motifs is 3. The number of rotatable bonds is 12. The van der Waals surface area contributed by atoms with Gasteiger partial charge in [0, 0.05) is 34.7 Å². The van der Waals surface area contributed by atoms with Crippen molar-refractivity contribution in [1.29, 1.82) is 0 Å². The van der Waals surface area contributed by atoms with Crippen LogP contribution in [-0.4, -0.2) is 65.7 Å². The summed E-state index contributed by atoms with van der Waals surface area (Å²) >= 11 is 1.74. The summed E-state index contributed by atoms with van der Waals surface area (Å²) in [6.07, 6.45) is 6.05. The van der Waals surface area contributed by atoms with Crippen LogP contribution in [-0.2, 0) is 26.2 Å². The van der Waals surface area contributed by atoms with Crippen molar-refractivity contribution in [3.05, 3.63) is 45.8 Å². The Hall–Kier alpha value is -3.01. The van der Waals surface area contributed by atoms with Gasteiger partial charge in [0.15, 0.2) is 0 Å². The number of carbonyl (C=O) groups excluding carboxylic acids is 3. The van der Waals surface area contributed by atoms with Crippen molar-refractivity contribution in [3.63, 3.8) is 0 Å². The Labute approximate surface area is 277 Å². The molecule has 1 aromatic carbocycles. The third-order valence-corrected chi connectivity index (χ3v) is 12.3. The van der Waals surface area contributed by atoms with Crippen LogP contribution in [0, 0.1) is 31.6 Å². The molecule has 2 saturated heterocycles. The predicted octanol–water partition coefficient (Wildman–Crippen LogP) is 5.38. The topological polar surface area (TPSA) is 120 Å². The van der Waals surface area contributed by atoms with Crippen LogP contribution in [0.1, 0.15) is 80.9 Å². The molecule has 2 aliphatic heterocycles. The zero-order chi connectivity index (χ0) is 32.7. The smallest absolute Gasteiger partial charge is 0.239 e. The molecule has 9 heteroatoms. The van der Waals surface area contributed by atoms with Gasteiger partial charge in [0.05, 0.1) is 11.1 Å². The molecule has 1 saturated carbocycles. The van der Waals surface area contributed by atoms with E-state index in [0.29, 0.717) is 24.2 Å². The highest BCUT2D eigenvalue weighted by molar-refractivity contribution is 7.19. The fraction of sp³-hybridized carbons (Fsp3) is 0.595. The summed E-state index contributed by atoms with van der Waals surface area (Å²) in [5, 5.41) is 7.71. The quantitative estimate of drug-likeness (QED) is 0.211. The first-order valence-corrected chi connectivity index (χ1v) is 18.1. The third kappa shape index (κ3) is 6.43. The number of nitrogens with zero attached hydrogens (tertiary/aromatic N) is 1. The van der Waals surface area contributed by atoms with Crippen molar-refractivity contribution in [2.24, 2.45) is 23.5 Å². The van der Waals surface area contributed by atoms with Crippen LogP contribution in [0.5, 0.6) is 0 Å². The SMILES string of the molecule is CCCC(NC(=O)C1CCN(CCc2c(-c3cc(C)cc(C)c3)[nH]c3sc(C(C)(C)C(=O)C4C5CCC4NC5)cc23)CC1)C(N)=O. The van der Waals surface area contributed by atoms with Gasteiger partial charge in [0.1, 0.15) is 16.7 Å². The summed E-state index contributed by atoms with van der Waals surface area (Å²) in [5.74, 6) is 0.379. The van der Waals surface area contributed by atoms with Crippen LogP contribution in [0.2, 0.25) is 0 Å². The second-order valence-electron chi connectivity index (χ2n) is 14.7. The Morgan fingerprint density at radius 1 is 1.07 bits per heavy atom. The van der Waals surface area contributed by atoms with Crippen LogP contribution >= 0.6 is 11.3 Å². The van der Waals surface area contributed by atoms with Gasteiger partial charge in [-0.25, -0.2) is 0 Å².